The molecule has 0 unspecified atom stereocenters. The van der Waals surface area contributed by atoms with Gasteiger partial charge in [0.1, 0.15) is 5.75 Å². The Labute approximate surface area is 149 Å². The molecule has 2 rings (SSSR count). The van der Waals surface area contributed by atoms with Crippen LogP contribution in [0.15, 0.2) is 36.7 Å². The largest absolute Gasteiger partial charge is 0.482 e. The summed E-state index contributed by atoms with van der Waals surface area (Å²) in [6, 6.07) is 7.38. The molecule has 0 saturated heterocycles. The molecule has 1 aromatic heterocycles. The van der Waals surface area contributed by atoms with E-state index in [1.807, 2.05) is 24.5 Å². The van der Waals surface area contributed by atoms with Crippen molar-refractivity contribution in [3.05, 3.63) is 42.2 Å². The summed E-state index contributed by atoms with van der Waals surface area (Å²) in [7, 11) is 0. The first kappa shape index (κ1) is 18.9. The number of esters is 1. The number of hydrogen-bond donors (Lipinski definition) is 0. The van der Waals surface area contributed by atoms with Crippen molar-refractivity contribution in [1.29, 1.82) is 0 Å². The summed E-state index contributed by atoms with van der Waals surface area (Å²) in [5, 5.41) is 0. The smallest absolute Gasteiger partial charge is 0.344 e. The van der Waals surface area contributed by atoms with E-state index < -0.39 is 0 Å². The SMILES string of the molecule is CCCCCCc1cnc(-c2ccc(OCC(=O)OCC)cc2)nc1. The van der Waals surface area contributed by atoms with Crippen molar-refractivity contribution >= 4 is 5.97 Å². The number of aromatic nitrogens is 2. The van der Waals surface area contributed by atoms with E-state index in [2.05, 4.69) is 16.9 Å². The van der Waals surface area contributed by atoms with Crippen LogP contribution in [-0.4, -0.2) is 29.2 Å². The summed E-state index contributed by atoms with van der Waals surface area (Å²) in [6.07, 6.45) is 9.80. The highest BCUT2D eigenvalue weighted by Gasteiger charge is 2.05. The van der Waals surface area contributed by atoms with Crippen molar-refractivity contribution < 1.29 is 14.3 Å². The Balaban J connectivity index is 1.87. The maximum absolute atomic E-state index is 11.3. The van der Waals surface area contributed by atoms with Gasteiger partial charge < -0.3 is 9.47 Å². The number of benzene rings is 1. The average Bonchev–Trinajstić information content (AvgIpc) is 2.65. The van der Waals surface area contributed by atoms with Gasteiger partial charge >= 0.3 is 5.97 Å². The van der Waals surface area contributed by atoms with Crippen LogP contribution >= 0.6 is 0 Å². The molecule has 0 saturated carbocycles. The molecule has 5 heteroatoms. The second-order valence-electron chi connectivity index (χ2n) is 5.84. The van der Waals surface area contributed by atoms with E-state index in [0.717, 1.165) is 12.0 Å². The number of carbonyl (C=O) groups excluding carboxylic acids is 1. The van der Waals surface area contributed by atoms with Gasteiger partial charge in [-0.25, -0.2) is 14.8 Å². The molecule has 0 aliphatic carbocycles. The lowest BCUT2D eigenvalue weighted by molar-refractivity contribution is -0.145. The van der Waals surface area contributed by atoms with E-state index >= 15 is 0 Å². The monoisotopic (exact) mass is 342 g/mol. The second-order valence-corrected chi connectivity index (χ2v) is 5.84. The number of rotatable bonds is 10. The highest BCUT2D eigenvalue weighted by Crippen LogP contribution is 2.19. The van der Waals surface area contributed by atoms with Gasteiger partial charge in [-0.05, 0) is 49.6 Å². The number of carbonyl (C=O) groups is 1. The molecule has 1 aromatic carbocycles. The van der Waals surface area contributed by atoms with Gasteiger partial charge in [0.15, 0.2) is 12.4 Å². The molecular formula is C20H26N2O3. The molecular weight excluding hydrogens is 316 g/mol. The molecule has 0 N–H and O–H groups in total. The molecule has 0 amide bonds. The van der Waals surface area contributed by atoms with E-state index in [1.54, 1.807) is 19.1 Å². The molecule has 134 valence electrons. The van der Waals surface area contributed by atoms with Crippen LogP contribution in [-0.2, 0) is 16.0 Å². The van der Waals surface area contributed by atoms with Crippen LogP contribution in [0.3, 0.4) is 0 Å². The fourth-order valence-electron chi connectivity index (χ4n) is 2.43. The van der Waals surface area contributed by atoms with Crippen molar-refractivity contribution in [3.63, 3.8) is 0 Å². The van der Waals surface area contributed by atoms with Crippen molar-refractivity contribution in [2.45, 2.75) is 46.0 Å². The van der Waals surface area contributed by atoms with Gasteiger partial charge in [0.25, 0.3) is 0 Å². The Bertz CT molecular complexity index is 639. The van der Waals surface area contributed by atoms with Crippen molar-refractivity contribution in [3.8, 4) is 17.1 Å². The molecule has 5 nitrogen and oxygen atoms in total. The maximum atomic E-state index is 11.3. The van der Waals surface area contributed by atoms with Gasteiger partial charge in [-0.1, -0.05) is 26.2 Å². The Morgan fingerprint density at radius 3 is 2.36 bits per heavy atom. The van der Waals surface area contributed by atoms with Crippen LogP contribution in [0.2, 0.25) is 0 Å². The van der Waals surface area contributed by atoms with Gasteiger partial charge in [0.05, 0.1) is 6.61 Å². The zero-order valence-electron chi connectivity index (χ0n) is 15.0. The summed E-state index contributed by atoms with van der Waals surface area (Å²) in [4.78, 5) is 20.2. The Hall–Kier alpha value is -2.43. The van der Waals surface area contributed by atoms with E-state index in [0.29, 0.717) is 18.2 Å². The van der Waals surface area contributed by atoms with Crippen LogP contribution < -0.4 is 4.74 Å². The number of aryl methyl sites for hydroxylation is 1. The molecule has 0 atom stereocenters. The number of ether oxygens (including phenoxy) is 2. The summed E-state index contributed by atoms with van der Waals surface area (Å²) >= 11 is 0. The third-order valence-electron chi connectivity index (χ3n) is 3.80. The number of hydrogen-bond acceptors (Lipinski definition) is 5. The third-order valence-corrected chi connectivity index (χ3v) is 3.80. The predicted molar refractivity (Wildman–Crippen MR) is 97.4 cm³/mol. The maximum Gasteiger partial charge on any atom is 0.344 e. The molecule has 0 fully saturated rings. The van der Waals surface area contributed by atoms with Gasteiger partial charge in [-0.2, -0.15) is 0 Å². The first-order valence-electron chi connectivity index (χ1n) is 8.92. The minimum atomic E-state index is -0.371. The quantitative estimate of drug-likeness (QED) is 0.478. The molecule has 0 bridgehead atoms. The van der Waals surface area contributed by atoms with E-state index in [1.165, 1.54) is 31.2 Å². The topological polar surface area (TPSA) is 61.3 Å². The van der Waals surface area contributed by atoms with Gasteiger partial charge in [0, 0.05) is 18.0 Å². The highest BCUT2D eigenvalue weighted by molar-refractivity contribution is 5.71. The highest BCUT2D eigenvalue weighted by atomic mass is 16.6. The summed E-state index contributed by atoms with van der Waals surface area (Å²) in [6.45, 7) is 4.25. The number of nitrogens with zero attached hydrogens (tertiary/aromatic N) is 2. The van der Waals surface area contributed by atoms with E-state index in [9.17, 15) is 4.79 Å². The predicted octanol–water partition coefficient (Wildman–Crippen LogP) is 4.21. The molecule has 0 aliphatic rings. The van der Waals surface area contributed by atoms with Gasteiger partial charge in [0.2, 0.25) is 0 Å². The molecule has 25 heavy (non-hydrogen) atoms. The zero-order chi connectivity index (χ0) is 17.9. The van der Waals surface area contributed by atoms with Crippen LogP contribution in [0.5, 0.6) is 5.75 Å². The minimum Gasteiger partial charge on any atom is -0.482 e. The molecule has 1 heterocycles. The van der Waals surface area contributed by atoms with Crippen molar-refractivity contribution in [2.24, 2.45) is 0 Å². The molecule has 0 aliphatic heterocycles. The van der Waals surface area contributed by atoms with Crippen molar-refractivity contribution in [1.82, 2.24) is 9.97 Å². The van der Waals surface area contributed by atoms with Crippen LogP contribution in [0.4, 0.5) is 0 Å². The molecule has 0 radical (unpaired) electrons. The van der Waals surface area contributed by atoms with Gasteiger partial charge in [-0.3, -0.25) is 0 Å². The Kier molecular flexibility index (Phi) is 7.89. The lowest BCUT2D eigenvalue weighted by Gasteiger charge is -2.07. The minimum absolute atomic E-state index is 0.0869. The summed E-state index contributed by atoms with van der Waals surface area (Å²) in [5.74, 6) is 0.933. The lowest BCUT2D eigenvalue weighted by Crippen LogP contribution is -2.14. The number of unbranched alkanes of at least 4 members (excludes halogenated alkanes) is 3. The normalized spacial score (nSPS) is 10.5. The standard InChI is InChI=1S/C20H26N2O3/c1-3-5-6-7-8-16-13-21-20(22-14-16)17-9-11-18(12-10-17)25-15-19(23)24-4-2/h9-14H,3-8,15H2,1-2H3. The van der Waals surface area contributed by atoms with E-state index in [4.69, 9.17) is 9.47 Å². The first-order chi connectivity index (χ1) is 12.2. The second kappa shape index (κ2) is 10.4. The van der Waals surface area contributed by atoms with Crippen LogP contribution in [0.25, 0.3) is 11.4 Å². The van der Waals surface area contributed by atoms with Crippen molar-refractivity contribution in [2.75, 3.05) is 13.2 Å². The van der Waals surface area contributed by atoms with Crippen LogP contribution in [0.1, 0.15) is 45.1 Å². The van der Waals surface area contributed by atoms with Crippen LogP contribution in [0, 0.1) is 0 Å². The fourth-order valence-corrected chi connectivity index (χ4v) is 2.43. The summed E-state index contributed by atoms with van der Waals surface area (Å²) < 4.78 is 10.2. The Morgan fingerprint density at radius 1 is 1.00 bits per heavy atom. The molecule has 2 aromatic rings. The lowest BCUT2D eigenvalue weighted by atomic mass is 10.1. The zero-order valence-corrected chi connectivity index (χ0v) is 15.0. The average molecular weight is 342 g/mol. The third kappa shape index (κ3) is 6.53. The Morgan fingerprint density at radius 2 is 1.72 bits per heavy atom. The van der Waals surface area contributed by atoms with Gasteiger partial charge in [-0.15, -0.1) is 0 Å². The molecule has 0 spiro atoms. The first-order valence-corrected chi connectivity index (χ1v) is 8.92. The fraction of sp³-hybridized carbons (Fsp3) is 0.450. The summed E-state index contributed by atoms with van der Waals surface area (Å²) in [5.41, 5.74) is 2.09. The van der Waals surface area contributed by atoms with E-state index in [-0.39, 0.29) is 12.6 Å².